The second-order valence-electron chi connectivity index (χ2n) is 2.61. The predicted octanol–water partition coefficient (Wildman–Crippen LogP) is -0.333. The number of aromatic amines is 1. The van der Waals surface area contributed by atoms with Gasteiger partial charge in [-0.1, -0.05) is 0 Å². The average molecular weight is 216 g/mol. The molecule has 0 aromatic carbocycles. The zero-order valence-corrected chi connectivity index (χ0v) is 8.17. The molecule has 0 saturated heterocycles. The molecule has 1 heterocycles. The molecule has 0 atom stereocenters. The molecular formula is C8H10ClN3O2. The lowest BCUT2D eigenvalue weighted by atomic mass is 10.4. The molecule has 0 aliphatic carbocycles. The van der Waals surface area contributed by atoms with E-state index in [4.69, 9.17) is 11.6 Å². The van der Waals surface area contributed by atoms with Crippen LogP contribution in [-0.2, 0) is 11.2 Å². The first-order valence-corrected chi connectivity index (χ1v) is 4.62. The molecule has 2 N–H and O–H groups in total. The SMILES string of the molecule is O=C(CCl)NCCc1nccc(=O)[nH]1. The summed E-state index contributed by atoms with van der Waals surface area (Å²) in [6, 6.07) is 1.33. The molecule has 76 valence electrons. The van der Waals surface area contributed by atoms with Crippen LogP contribution in [0, 0.1) is 0 Å². The molecule has 1 amide bonds. The molecule has 0 bridgehead atoms. The van der Waals surface area contributed by atoms with Crippen molar-refractivity contribution in [3.8, 4) is 0 Å². The van der Waals surface area contributed by atoms with Gasteiger partial charge in [0.1, 0.15) is 11.7 Å². The van der Waals surface area contributed by atoms with E-state index in [1.165, 1.54) is 12.3 Å². The Bertz CT molecular complexity index is 364. The maximum atomic E-state index is 10.8. The molecular weight excluding hydrogens is 206 g/mol. The van der Waals surface area contributed by atoms with Gasteiger partial charge in [-0.25, -0.2) is 4.98 Å². The lowest BCUT2D eigenvalue weighted by Gasteiger charge is -2.01. The van der Waals surface area contributed by atoms with E-state index in [9.17, 15) is 9.59 Å². The Morgan fingerprint density at radius 1 is 1.64 bits per heavy atom. The largest absolute Gasteiger partial charge is 0.355 e. The third-order valence-electron chi connectivity index (χ3n) is 1.53. The van der Waals surface area contributed by atoms with Crippen molar-refractivity contribution < 1.29 is 4.79 Å². The van der Waals surface area contributed by atoms with Crippen LogP contribution in [0.3, 0.4) is 0 Å². The summed E-state index contributed by atoms with van der Waals surface area (Å²) in [4.78, 5) is 28.0. The topological polar surface area (TPSA) is 74.8 Å². The van der Waals surface area contributed by atoms with Crippen molar-refractivity contribution in [2.45, 2.75) is 6.42 Å². The van der Waals surface area contributed by atoms with Crippen molar-refractivity contribution in [3.63, 3.8) is 0 Å². The number of carbonyl (C=O) groups is 1. The summed E-state index contributed by atoms with van der Waals surface area (Å²) < 4.78 is 0. The normalized spacial score (nSPS) is 9.79. The molecule has 0 unspecified atom stereocenters. The fraction of sp³-hybridized carbons (Fsp3) is 0.375. The van der Waals surface area contributed by atoms with Crippen molar-refractivity contribution >= 4 is 17.5 Å². The summed E-state index contributed by atoms with van der Waals surface area (Å²) in [6.45, 7) is 0.415. The number of H-pyrrole nitrogens is 1. The second-order valence-corrected chi connectivity index (χ2v) is 2.88. The highest BCUT2D eigenvalue weighted by Crippen LogP contribution is 1.84. The Kier molecular flexibility index (Phi) is 4.12. The molecule has 0 fully saturated rings. The van der Waals surface area contributed by atoms with E-state index < -0.39 is 0 Å². The quantitative estimate of drug-likeness (QED) is 0.676. The molecule has 14 heavy (non-hydrogen) atoms. The number of halogens is 1. The van der Waals surface area contributed by atoms with E-state index in [0.717, 1.165) is 0 Å². The van der Waals surface area contributed by atoms with Crippen molar-refractivity contribution in [3.05, 3.63) is 28.4 Å². The molecule has 1 aromatic rings. The highest BCUT2D eigenvalue weighted by molar-refractivity contribution is 6.27. The van der Waals surface area contributed by atoms with E-state index in [-0.39, 0.29) is 17.3 Å². The number of nitrogens with zero attached hydrogens (tertiary/aromatic N) is 1. The average Bonchev–Trinajstić information content (AvgIpc) is 2.17. The molecule has 5 nitrogen and oxygen atoms in total. The van der Waals surface area contributed by atoms with Crippen LogP contribution in [0.25, 0.3) is 0 Å². The Labute approximate surface area is 85.5 Å². The smallest absolute Gasteiger partial charge is 0.250 e. The van der Waals surface area contributed by atoms with Crippen LogP contribution >= 0.6 is 11.6 Å². The summed E-state index contributed by atoms with van der Waals surface area (Å²) >= 11 is 5.27. The van der Waals surface area contributed by atoms with E-state index >= 15 is 0 Å². The number of amides is 1. The van der Waals surface area contributed by atoms with Crippen LogP contribution in [0.1, 0.15) is 5.82 Å². The van der Waals surface area contributed by atoms with Gasteiger partial charge >= 0.3 is 0 Å². The fourth-order valence-electron chi connectivity index (χ4n) is 0.906. The molecule has 1 rings (SSSR count). The highest BCUT2D eigenvalue weighted by atomic mass is 35.5. The van der Waals surface area contributed by atoms with E-state index in [2.05, 4.69) is 15.3 Å². The molecule has 0 aliphatic rings. The molecule has 0 spiro atoms. The van der Waals surface area contributed by atoms with Gasteiger partial charge in [0.25, 0.3) is 5.56 Å². The Balaban J connectivity index is 2.39. The Morgan fingerprint density at radius 3 is 3.07 bits per heavy atom. The van der Waals surface area contributed by atoms with Crippen LogP contribution < -0.4 is 10.9 Å². The number of aromatic nitrogens is 2. The molecule has 6 heteroatoms. The summed E-state index contributed by atoms with van der Waals surface area (Å²) in [5, 5.41) is 2.57. The van der Waals surface area contributed by atoms with Gasteiger partial charge in [-0.2, -0.15) is 0 Å². The molecule has 0 aliphatic heterocycles. The van der Waals surface area contributed by atoms with E-state index in [1.807, 2.05) is 0 Å². The maximum Gasteiger partial charge on any atom is 0.250 e. The van der Waals surface area contributed by atoms with Gasteiger partial charge in [0.15, 0.2) is 0 Å². The molecule has 0 radical (unpaired) electrons. The minimum atomic E-state index is -0.232. The number of hydrogen-bond donors (Lipinski definition) is 2. The van der Waals surface area contributed by atoms with Crippen molar-refractivity contribution in [2.75, 3.05) is 12.4 Å². The number of hydrogen-bond acceptors (Lipinski definition) is 3. The highest BCUT2D eigenvalue weighted by Gasteiger charge is 1.98. The van der Waals surface area contributed by atoms with Crippen LogP contribution in [0.5, 0.6) is 0 Å². The first-order valence-electron chi connectivity index (χ1n) is 4.09. The van der Waals surface area contributed by atoms with E-state index in [0.29, 0.717) is 18.8 Å². The number of alkyl halides is 1. The van der Waals surface area contributed by atoms with Gasteiger partial charge < -0.3 is 10.3 Å². The maximum absolute atomic E-state index is 10.8. The van der Waals surface area contributed by atoms with Crippen LogP contribution in [0.2, 0.25) is 0 Å². The lowest BCUT2D eigenvalue weighted by Crippen LogP contribution is -2.27. The number of carbonyl (C=O) groups excluding carboxylic acids is 1. The zero-order chi connectivity index (χ0) is 10.4. The monoisotopic (exact) mass is 215 g/mol. The lowest BCUT2D eigenvalue weighted by molar-refractivity contribution is -0.118. The van der Waals surface area contributed by atoms with Gasteiger partial charge in [0, 0.05) is 25.2 Å². The number of nitrogens with one attached hydrogen (secondary N) is 2. The van der Waals surface area contributed by atoms with Crippen molar-refractivity contribution in [1.82, 2.24) is 15.3 Å². The Hall–Kier alpha value is -1.36. The summed E-state index contributed by atoms with van der Waals surface area (Å²) in [5.41, 5.74) is -0.196. The first kappa shape index (κ1) is 10.7. The van der Waals surface area contributed by atoms with Crippen LogP contribution in [-0.4, -0.2) is 28.3 Å². The Morgan fingerprint density at radius 2 is 2.43 bits per heavy atom. The molecule has 0 saturated carbocycles. The minimum Gasteiger partial charge on any atom is -0.355 e. The second kappa shape index (κ2) is 5.39. The van der Waals surface area contributed by atoms with Gasteiger partial charge in [0.05, 0.1) is 0 Å². The van der Waals surface area contributed by atoms with Crippen LogP contribution in [0.4, 0.5) is 0 Å². The molecule has 1 aromatic heterocycles. The predicted molar refractivity (Wildman–Crippen MR) is 52.3 cm³/mol. The van der Waals surface area contributed by atoms with Crippen molar-refractivity contribution in [1.29, 1.82) is 0 Å². The summed E-state index contributed by atoms with van der Waals surface area (Å²) in [5.74, 6) is 0.260. The number of rotatable bonds is 4. The standard InChI is InChI=1S/C8H10ClN3O2/c9-5-8(14)11-3-1-6-10-4-2-7(13)12-6/h2,4H,1,3,5H2,(H,11,14)(H,10,12,13). The zero-order valence-electron chi connectivity index (χ0n) is 7.42. The van der Waals surface area contributed by atoms with Gasteiger partial charge in [-0.3, -0.25) is 9.59 Å². The van der Waals surface area contributed by atoms with Crippen LogP contribution in [0.15, 0.2) is 17.1 Å². The minimum absolute atomic E-state index is 0.0568. The van der Waals surface area contributed by atoms with Gasteiger partial charge in [-0.05, 0) is 0 Å². The third kappa shape index (κ3) is 3.57. The third-order valence-corrected chi connectivity index (χ3v) is 1.77. The summed E-state index contributed by atoms with van der Waals surface area (Å²) in [7, 11) is 0. The van der Waals surface area contributed by atoms with Gasteiger partial charge in [-0.15, -0.1) is 11.6 Å². The van der Waals surface area contributed by atoms with E-state index in [1.54, 1.807) is 0 Å². The first-order chi connectivity index (χ1) is 6.72. The van der Waals surface area contributed by atoms with Gasteiger partial charge in [0.2, 0.25) is 5.91 Å². The van der Waals surface area contributed by atoms with Crippen molar-refractivity contribution in [2.24, 2.45) is 0 Å². The summed E-state index contributed by atoms with van der Waals surface area (Å²) in [6.07, 6.45) is 1.91. The fourth-order valence-corrected chi connectivity index (χ4v) is 1.00.